The Hall–Kier alpha value is -4.85. The predicted octanol–water partition coefficient (Wildman–Crippen LogP) is 2.38. The van der Waals surface area contributed by atoms with Gasteiger partial charge in [-0.05, 0) is 24.3 Å². The van der Waals surface area contributed by atoms with Crippen LogP contribution >= 0.6 is 0 Å². The van der Waals surface area contributed by atoms with Crippen LogP contribution in [0.5, 0.6) is 0 Å². The smallest absolute Gasteiger partial charge is 0.271 e. The molecule has 2 amide bonds. The third-order valence-corrected chi connectivity index (χ3v) is 5.73. The highest BCUT2D eigenvalue weighted by atomic mass is 32.2. The predicted molar refractivity (Wildman–Crippen MR) is 118 cm³/mol. The number of hydrogen-bond donors (Lipinski definition) is 3. The second kappa shape index (κ2) is 9.74. The molecule has 14 heteroatoms. The molecule has 0 spiro atoms. The number of hydrazine groups is 1. The first-order chi connectivity index (χ1) is 16.1. The van der Waals surface area contributed by atoms with Crippen molar-refractivity contribution in [3.63, 3.8) is 0 Å². The van der Waals surface area contributed by atoms with Gasteiger partial charge in [0.25, 0.3) is 33.2 Å². The molecule has 3 aromatic rings. The Morgan fingerprint density at radius 2 is 1.32 bits per heavy atom. The normalized spacial score (nSPS) is 10.7. The molecule has 3 N–H and O–H groups in total. The third kappa shape index (κ3) is 5.49. The minimum Gasteiger partial charge on any atom is -0.279 e. The van der Waals surface area contributed by atoms with Crippen molar-refractivity contribution in [1.82, 2.24) is 10.9 Å². The zero-order chi connectivity index (χ0) is 24.9. The van der Waals surface area contributed by atoms with Gasteiger partial charge in [0.1, 0.15) is 0 Å². The molecule has 174 valence electrons. The third-order valence-electron chi connectivity index (χ3n) is 4.36. The zero-order valence-electron chi connectivity index (χ0n) is 17.0. The molecule has 0 saturated heterocycles. The number of carbonyl (C=O) groups is 2. The van der Waals surface area contributed by atoms with Crippen LogP contribution in [0.4, 0.5) is 17.1 Å². The van der Waals surface area contributed by atoms with Gasteiger partial charge in [-0.1, -0.05) is 24.3 Å². The van der Waals surface area contributed by atoms with Crippen LogP contribution in [0.1, 0.15) is 20.7 Å². The molecule has 0 fully saturated rings. The standard InChI is InChI=1S/C20H15N5O8S/c26-19(13-5-3-6-14(11-13)24(28)29)21-22-20(27)17-9-1-2-10-18(17)23-34(32,33)16-8-4-7-15(12-16)25(30)31/h1-12,23H,(H,21,26)(H,22,27). The van der Waals surface area contributed by atoms with Crippen LogP contribution in [0.2, 0.25) is 0 Å². The fraction of sp³-hybridized carbons (Fsp3) is 0. The number of nitro groups is 2. The Bertz CT molecular complexity index is 1410. The number of para-hydroxylation sites is 1. The van der Waals surface area contributed by atoms with E-state index in [4.69, 9.17) is 0 Å². The summed E-state index contributed by atoms with van der Waals surface area (Å²) in [5.41, 5.74) is 3.03. The average molecular weight is 485 g/mol. The van der Waals surface area contributed by atoms with Crippen molar-refractivity contribution in [3.8, 4) is 0 Å². The maximum absolute atomic E-state index is 12.7. The lowest BCUT2D eigenvalue weighted by Crippen LogP contribution is -2.41. The summed E-state index contributed by atoms with van der Waals surface area (Å²) in [6, 6.07) is 14.6. The van der Waals surface area contributed by atoms with Gasteiger partial charge < -0.3 is 0 Å². The highest BCUT2D eigenvalue weighted by Gasteiger charge is 2.21. The minimum atomic E-state index is -4.30. The number of nitrogens with zero attached hydrogens (tertiary/aromatic N) is 2. The number of sulfonamides is 1. The lowest BCUT2D eigenvalue weighted by Gasteiger charge is -2.13. The van der Waals surface area contributed by atoms with Crippen LogP contribution in [0, 0.1) is 20.2 Å². The molecule has 0 radical (unpaired) electrons. The number of non-ortho nitro benzene ring substituents is 2. The van der Waals surface area contributed by atoms with E-state index in [0.29, 0.717) is 0 Å². The Labute approximate surface area is 191 Å². The summed E-state index contributed by atoms with van der Waals surface area (Å²) in [5.74, 6) is -1.73. The number of carbonyl (C=O) groups excluding carboxylic acids is 2. The molecule has 0 bridgehead atoms. The van der Waals surface area contributed by atoms with Gasteiger partial charge in [-0.15, -0.1) is 0 Å². The highest BCUT2D eigenvalue weighted by molar-refractivity contribution is 7.92. The summed E-state index contributed by atoms with van der Waals surface area (Å²) in [4.78, 5) is 44.8. The summed E-state index contributed by atoms with van der Waals surface area (Å²) in [6.07, 6.45) is 0. The SMILES string of the molecule is O=C(NNC(=O)c1ccccc1NS(=O)(=O)c1cccc([N+](=O)[O-])c1)c1cccc([N+](=O)[O-])c1. The van der Waals surface area contributed by atoms with Gasteiger partial charge in [-0.3, -0.25) is 45.4 Å². The zero-order valence-corrected chi connectivity index (χ0v) is 17.8. The summed E-state index contributed by atoms with van der Waals surface area (Å²) in [6.45, 7) is 0. The van der Waals surface area contributed by atoms with Crippen molar-refractivity contribution in [1.29, 1.82) is 0 Å². The molecule has 0 atom stereocenters. The van der Waals surface area contributed by atoms with Crippen molar-refractivity contribution < 1.29 is 27.9 Å². The van der Waals surface area contributed by atoms with Gasteiger partial charge >= 0.3 is 0 Å². The highest BCUT2D eigenvalue weighted by Crippen LogP contribution is 2.23. The Kier molecular flexibility index (Phi) is 6.82. The van der Waals surface area contributed by atoms with E-state index >= 15 is 0 Å². The monoisotopic (exact) mass is 485 g/mol. The van der Waals surface area contributed by atoms with Crippen LogP contribution in [-0.2, 0) is 10.0 Å². The molecule has 3 rings (SSSR count). The molecule has 0 unspecified atom stereocenters. The lowest BCUT2D eigenvalue weighted by molar-refractivity contribution is -0.385. The topological polar surface area (TPSA) is 191 Å². The number of anilines is 1. The van der Waals surface area contributed by atoms with Gasteiger partial charge in [0.15, 0.2) is 0 Å². The van der Waals surface area contributed by atoms with Crippen LogP contribution in [-0.4, -0.2) is 30.1 Å². The largest absolute Gasteiger partial charge is 0.279 e. The number of rotatable bonds is 7. The van der Waals surface area contributed by atoms with Crippen molar-refractivity contribution in [2.75, 3.05) is 4.72 Å². The number of amides is 2. The molecule has 0 heterocycles. The van der Waals surface area contributed by atoms with E-state index in [1.807, 2.05) is 0 Å². The molecular formula is C20H15N5O8S. The summed E-state index contributed by atoms with van der Waals surface area (Å²) in [7, 11) is -4.30. The van der Waals surface area contributed by atoms with Crippen molar-refractivity contribution in [3.05, 3.63) is 104 Å². The van der Waals surface area contributed by atoms with Crippen LogP contribution in [0.25, 0.3) is 0 Å². The first-order valence-corrected chi connectivity index (χ1v) is 10.8. The van der Waals surface area contributed by atoms with E-state index in [1.54, 1.807) is 0 Å². The number of nitrogens with one attached hydrogen (secondary N) is 3. The van der Waals surface area contributed by atoms with Crippen molar-refractivity contribution in [2.45, 2.75) is 4.90 Å². The van der Waals surface area contributed by atoms with E-state index in [1.165, 1.54) is 48.5 Å². The second-order valence-corrected chi connectivity index (χ2v) is 8.30. The number of benzene rings is 3. The van der Waals surface area contributed by atoms with Gasteiger partial charge in [0.05, 0.1) is 26.0 Å². The van der Waals surface area contributed by atoms with Gasteiger partial charge in [-0.25, -0.2) is 8.42 Å². The molecule has 0 aliphatic rings. The summed E-state index contributed by atoms with van der Waals surface area (Å²) >= 11 is 0. The van der Waals surface area contributed by atoms with Crippen LogP contribution in [0.3, 0.4) is 0 Å². The van der Waals surface area contributed by atoms with Crippen LogP contribution < -0.4 is 15.6 Å². The van der Waals surface area contributed by atoms with Crippen molar-refractivity contribution in [2.24, 2.45) is 0 Å². The maximum atomic E-state index is 12.7. The Morgan fingerprint density at radius 3 is 2.00 bits per heavy atom. The molecule has 13 nitrogen and oxygen atoms in total. The van der Waals surface area contributed by atoms with Gasteiger partial charge in [0.2, 0.25) is 0 Å². The van der Waals surface area contributed by atoms with Gasteiger partial charge in [0, 0.05) is 29.8 Å². The first-order valence-electron chi connectivity index (χ1n) is 9.30. The molecule has 34 heavy (non-hydrogen) atoms. The fourth-order valence-electron chi connectivity index (χ4n) is 2.75. The number of nitro benzene ring substituents is 2. The maximum Gasteiger partial charge on any atom is 0.271 e. The van der Waals surface area contributed by atoms with E-state index in [-0.39, 0.29) is 22.5 Å². The Morgan fingerprint density at radius 1 is 0.735 bits per heavy atom. The van der Waals surface area contributed by atoms with E-state index < -0.39 is 42.3 Å². The minimum absolute atomic E-state index is 0.0887. The molecule has 0 aliphatic heterocycles. The Balaban J connectivity index is 1.77. The average Bonchev–Trinajstić information content (AvgIpc) is 2.82. The van der Waals surface area contributed by atoms with Crippen molar-refractivity contribution >= 4 is 38.9 Å². The van der Waals surface area contributed by atoms with E-state index in [0.717, 1.165) is 24.3 Å². The van der Waals surface area contributed by atoms with Crippen LogP contribution in [0.15, 0.2) is 77.7 Å². The first kappa shape index (κ1) is 23.8. The van der Waals surface area contributed by atoms with E-state index in [2.05, 4.69) is 15.6 Å². The molecule has 0 saturated carbocycles. The fourth-order valence-corrected chi connectivity index (χ4v) is 3.87. The molecule has 0 aromatic heterocycles. The molecule has 0 aliphatic carbocycles. The summed E-state index contributed by atoms with van der Waals surface area (Å²) in [5, 5.41) is 21.8. The van der Waals surface area contributed by atoms with E-state index in [9.17, 15) is 38.2 Å². The molecular weight excluding hydrogens is 470 g/mol. The number of hydrogen-bond acceptors (Lipinski definition) is 8. The quantitative estimate of drug-likeness (QED) is 0.335. The summed E-state index contributed by atoms with van der Waals surface area (Å²) < 4.78 is 27.6. The van der Waals surface area contributed by atoms with Gasteiger partial charge in [-0.2, -0.15) is 0 Å². The molecule has 3 aromatic carbocycles. The lowest BCUT2D eigenvalue weighted by atomic mass is 10.2. The second-order valence-electron chi connectivity index (χ2n) is 6.62.